The number of esters is 1. The molecule has 1 rings (SSSR count). The molecule has 0 saturated carbocycles. The third-order valence-electron chi connectivity index (χ3n) is 3.48. The summed E-state index contributed by atoms with van der Waals surface area (Å²) in [5.41, 5.74) is 0.589. The monoisotopic (exact) mass is 377 g/mol. The summed E-state index contributed by atoms with van der Waals surface area (Å²) in [5, 5.41) is 13.2. The molecule has 0 bridgehead atoms. The molecule has 2 amide bonds. The number of hydrogen-bond acceptors (Lipinski definition) is 6. The number of benzene rings is 1. The van der Waals surface area contributed by atoms with Crippen molar-refractivity contribution in [2.75, 3.05) is 26.2 Å². The minimum atomic E-state index is -0.502. The maximum Gasteiger partial charge on any atom is 0.307 e. The number of nitrogens with one attached hydrogen (secondary N) is 1. The predicted molar refractivity (Wildman–Crippen MR) is 98.6 cm³/mol. The topological polar surface area (TPSA) is 119 Å². The molecule has 146 valence electrons. The van der Waals surface area contributed by atoms with E-state index < -0.39 is 10.9 Å². The Labute approximate surface area is 157 Å². The van der Waals surface area contributed by atoms with E-state index in [1.165, 1.54) is 48.2 Å². The van der Waals surface area contributed by atoms with Crippen LogP contribution in [0.1, 0.15) is 25.8 Å². The van der Waals surface area contributed by atoms with Crippen LogP contribution in [0.5, 0.6) is 0 Å². The van der Waals surface area contributed by atoms with Crippen LogP contribution in [-0.2, 0) is 19.1 Å². The van der Waals surface area contributed by atoms with E-state index in [0.717, 1.165) is 0 Å². The SMILES string of the molecule is CCOC(=O)CCN(CCNC(C)=O)C(=O)/C=C/c1ccc([N+](=O)[O-])cc1. The standard InChI is InChI=1S/C18H23N3O6/c1-3-27-18(24)10-12-20(13-11-19-14(2)22)17(23)9-6-15-4-7-16(8-5-15)21(25)26/h4-9H,3,10-13H2,1-2H3,(H,19,22)/b9-6+. The van der Waals surface area contributed by atoms with Crippen LogP contribution in [0, 0.1) is 10.1 Å². The zero-order valence-corrected chi connectivity index (χ0v) is 15.3. The second-order valence-corrected chi connectivity index (χ2v) is 5.55. The van der Waals surface area contributed by atoms with Crippen LogP contribution in [0.3, 0.4) is 0 Å². The van der Waals surface area contributed by atoms with Gasteiger partial charge in [-0.3, -0.25) is 24.5 Å². The average Bonchev–Trinajstić information content (AvgIpc) is 2.62. The van der Waals surface area contributed by atoms with E-state index in [1.807, 2.05) is 0 Å². The zero-order chi connectivity index (χ0) is 20.2. The second kappa shape index (κ2) is 11.4. The maximum absolute atomic E-state index is 12.4. The molecule has 0 atom stereocenters. The first-order chi connectivity index (χ1) is 12.8. The molecule has 9 heteroatoms. The van der Waals surface area contributed by atoms with E-state index in [0.29, 0.717) is 5.56 Å². The van der Waals surface area contributed by atoms with E-state index in [-0.39, 0.29) is 50.2 Å². The van der Waals surface area contributed by atoms with Gasteiger partial charge in [0.05, 0.1) is 18.0 Å². The molecule has 0 fully saturated rings. The number of non-ortho nitro benzene ring substituents is 1. The van der Waals surface area contributed by atoms with E-state index in [2.05, 4.69) is 5.32 Å². The summed E-state index contributed by atoms with van der Waals surface area (Å²) in [6, 6.07) is 5.75. The molecular formula is C18H23N3O6. The van der Waals surface area contributed by atoms with Crippen LogP contribution in [0.4, 0.5) is 5.69 Å². The number of nitrogens with zero attached hydrogens (tertiary/aromatic N) is 2. The van der Waals surface area contributed by atoms with Crippen LogP contribution in [-0.4, -0.2) is 53.8 Å². The van der Waals surface area contributed by atoms with Gasteiger partial charge >= 0.3 is 5.97 Å². The second-order valence-electron chi connectivity index (χ2n) is 5.55. The van der Waals surface area contributed by atoms with E-state index in [1.54, 1.807) is 6.92 Å². The molecule has 0 aliphatic heterocycles. The van der Waals surface area contributed by atoms with Crippen LogP contribution in [0.2, 0.25) is 0 Å². The highest BCUT2D eigenvalue weighted by Gasteiger charge is 2.13. The zero-order valence-electron chi connectivity index (χ0n) is 15.3. The third kappa shape index (κ3) is 8.61. The summed E-state index contributed by atoms with van der Waals surface area (Å²) in [4.78, 5) is 46.5. The lowest BCUT2D eigenvalue weighted by Gasteiger charge is -2.21. The van der Waals surface area contributed by atoms with E-state index in [9.17, 15) is 24.5 Å². The lowest BCUT2D eigenvalue weighted by atomic mass is 10.2. The molecule has 9 nitrogen and oxygen atoms in total. The van der Waals surface area contributed by atoms with Crippen molar-refractivity contribution in [2.45, 2.75) is 20.3 Å². The number of hydrogen-bond donors (Lipinski definition) is 1. The van der Waals surface area contributed by atoms with Crippen molar-refractivity contribution in [3.63, 3.8) is 0 Å². The molecule has 1 aromatic rings. The fraction of sp³-hybridized carbons (Fsp3) is 0.389. The highest BCUT2D eigenvalue weighted by Crippen LogP contribution is 2.13. The van der Waals surface area contributed by atoms with Gasteiger partial charge in [-0.2, -0.15) is 0 Å². The number of nitro benzene ring substituents is 1. The van der Waals surface area contributed by atoms with Crippen molar-refractivity contribution in [2.24, 2.45) is 0 Å². The average molecular weight is 377 g/mol. The van der Waals surface area contributed by atoms with Gasteiger partial charge < -0.3 is 15.0 Å². The van der Waals surface area contributed by atoms with Crippen molar-refractivity contribution in [1.29, 1.82) is 0 Å². The van der Waals surface area contributed by atoms with Crippen molar-refractivity contribution in [3.05, 3.63) is 46.0 Å². The van der Waals surface area contributed by atoms with Gasteiger partial charge in [-0.1, -0.05) is 0 Å². The fourth-order valence-corrected chi connectivity index (χ4v) is 2.14. The van der Waals surface area contributed by atoms with Gasteiger partial charge in [-0.05, 0) is 30.7 Å². The van der Waals surface area contributed by atoms with Crippen LogP contribution in [0.25, 0.3) is 6.08 Å². The van der Waals surface area contributed by atoms with Crippen molar-refractivity contribution < 1.29 is 24.0 Å². The molecule has 1 aromatic carbocycles. The van der Waals surface area contributed by atoms with Gasteiger partial charge in [0, 0.05) is 44.8 Å². The van der Waals surface area contributed by atoms with Crippen molar-refractivity contribution in [1.82, 2.24) is 10.2 Å². The van der Waals surface area contributed by atoms with Crippen LogP contribution in [0.15, 0.2) is 30.3 Å². The minimum absolute atomic E-state index is 0.0372. The van der Waals surface area contributed by atoms with Gasteiger partial charge in [-0.25, -0.2) is 0 Å². The number of nitro groups is 1. The van der Waals surface area contributed by atoms with Crippen molar-refractivity contribution in [3.8, 4) is 0 Å². The Morgan fingerprint density at radius 1 is 1.22 bits per heavy atom. The number of carbonyl (C=O) groups is 3. The fourth-order valence-electron chi connectivity index (χ4n) is 2.14. The van der Waals surface area contributed by atoms with Gasteiger partial charge in [-0.15, -0.1) is 0 Å². The molecular weight excluding hydrogens is 354 g/mol. The van der Waals surface area contributed by atoms with E-state index in [4.69, 9.17) is 4.74 Å². The van der Waals surface area contributed by atoms with Gasteiger partial charge in [0.15, 0.2) is 0 Å². The predicted octanol–water partition coefficient (Wildman–Crippen LogP) is 1.53. The molecule has 0 saturated heterocycles. The molecule has 0 aliphatic carbocycles. The first-order valence-corrected chi connectivity index (χ1v) is 8.45. The summed E-state index contributed by atoms with van der Waals surface area (Å²) < 4.78 is 4.85. The molecule has 1 N–H and O–H groups in total. The Morgan fingerprint density at radius 2 is 1.89 bits per heavy atom. The molecule has 27 heavy (non-hydrogen) atoms. The van der Waals surface area contributed by atoms with Crippen molar-refractivity contribution >= 4 is 29.5 Å². The molecule has 0 radical (unpaired) electrons. The Morgan fingerprint density at radius 3 is 2.44 bits per heavy atom. The van der Waals surface area contributed by atoms with E-state index >= 15 is 0 Å². The molecule has 0 unspecified atom stereocenters. The van der Waals surface area contributed by atoms with Gasteiger partial charge in [0.25, 0.3) is 5.69 Å². The normalized spacial score (nSPS) is 10.4. The quantitative estimate of drug-likeness (QED) is 0.286. The smallest absolute Gasteiger partial charge is 0.307 e. The maximum atomic E-state index is 12.4. The lowest BCUT2D eigenvalue weighted by molar-refractivity contribution is -0.384. The molecule has 0 aromatic heterocycles. The Hall–Kier alpha value is -3.23. The minimum Gasteiger partial charge on any atom is -0.466 e. The van der Waals surface area contributed by atoms with Crippen LogP contribution >= 0.6 is 0 Å². The molecule has 0 aliphatic rings. The highest BCUT2D eigenvalue weighted by atomic mass is 16.6. The summed E-state index contributed by atoms with van der Waals surface area (Å²) in [5.74, 6) is -0.966. The number of amides is 2. The summed E-state index contributed by atoms with van der Waals surface area (Å²) in [7, 11) is 0. The number of ether oxygens (including phenoxy) is 1. The van der Waals surface area contributed by atoms with Gasteiger partial charge in [0.2, 0.25) is 11.8 Å². The third-order valence-corrected chi connectivity index (χ3v) is 3.48. The summed E-state index contributed by atoms with van der Waals surface area (Å²) in [6.07, 6.45) is 2.90. The first-order valence-electron chi connectivity index (χ1n) is 8.45. The molecule has 0 heterocycles. The lowest BCUT2D eigenvalue weighted by Crippen LogP contribution is -2.38. The van der Waals surface area contributed by atoms with Gasteiger partial charge in [0.1, 0.15) is 0 Å². The summed E-state index contributed by atoms with van der Waals surface area (Å²) >= 11 is 0. The number of carbonyl (C=O) groups excluding carboxylic acids is 3. The summed E-state index contributed by atoms with van der Waals surface area (Å²) in [6.45, 7) is 3.99. The Bertz CT molecular complexity index is 700. The Balaban J connectivity index is 2.72. The number of rotatable bonds is 10. The molecule has 0 spiro atoms. The highest BCUT2D eigenvalue weighted by molar-refractivity contribution is 5.92. The Kier molecular flexibility index (Phi) is 9.21. The van der Waals surface area contributed by atoms with Crippen LogP contribution < -0.4 is 5.32 Å². The largest absolute Gasteiger partial charge is 0.466 e. The first kappa shape index (κ1) is 21.8.